The summed E-state index contributed by atoms with van der Waals surface area (Å²) in [5.41, 5.74) is 2.72. The van der Waals surface area contributed by atoms with Gasteiger partial charge in [0.2, 0.25) is 0 Å². The zero-order chi connectivity index (χ0) is 18.0. The molecule has 0 saturated heterocycles. The van der Waals surface area contributed by atoms with Crippen LogP contribution >= 0.6 is 0 Å². The standard InChI is InChI=1S/C19H25N3O3/c1-12(2)18-20-15-11-22(9-8-13(15)19(23)21-18)10-14-16(24-3)6-5-7-17(14)25-4/h5-7,12H,8-11H2,1-4H3,(H,20,21,23). The Bertz CT molecular complexity index is 792. The van der Waals surface area contributed by atoms with E-state index >= 15 is 0 Å². The fourth-order valence-corrected chi connectivity index (χ4v) is 3.23. The largest absolute Gasteiger partial charge is 0.496 e. The van der Waals surface area contributed by atoms with Crippen LogP contribution in [0.3, 0.4) is 0 Å². The van der Waals surface area contributed by atoms with Gasteiger partial charge in [0.15, 0.2) is 0 Å². The first-order valence-electron chi connectivity index (χ1n) is 8.57. The van der Waals surface area contributed by atoms with E-state index in [1.165, 1.54) is 0 Å². The molecule has 1 N–H and O–H groups in total. The number of rotatable bonds is 5. The van der Waals surface area contributed by atoms with Gasteiger partial charge in [-0.05, 0) is 18.6 Å². The van der Waals surface area contributed by atoms with Crippen LogP contribution in [0.4, 0.5) is 0 Å². The van der Waals surface area contributed by atoms with Crippen molar-refractivity contribution in [3.05, 3.63) is 51.2 Å². The summed E-state index contributed by atoms with van der Waals surface area (Å²) >= 11 is 0. The first kappa shape index (κ1) is 17.5. The highest BCUT2D eigenvalue weighted by molar-refractivity contribution is 5.44. The molecular weight excluding hydrogens is 318 g/mol. The lowest BCUT2D eigenvalue weighted by atomic mass is 10.0. The van der Waals surface area contributed by atoms with Gasteiger partial charge < -0.3 is 14.5 Å². The van der Waals surface area contributed by atoms with Gasteiger partial charge in [0.1, 0.15) is 17.3 Å². The molecule has 0 atom stereocenters. The number of ether oxygens (including phenoxy) is 2. The van der Waals surface area contributed by atoms with Gasteiger partial charge in [0, 0.05) is 31.1 Å². The molecule has 1 aromatic heterocycles. The van der Waals surface area contributed by atoms with E-state index < -0.39 is 0 Å². The molecule has 134 valence electrons. The maximum Gasteiger partial charge on any atom is 0.254 e. The lowest BCUT2D eigenvalue weighted by Gasteiger charge is -2.29. The van der Waals surface area contributed by atoms with Crippen LogP contribution in [0.1, 0.15) is 42.4 Å². The minimum absolute atomic E-state index is 0.00298. The molecule has 0 unspecified atom stereocenters. The van der Waals surface area contributed by atoms with Crippen LogP contribution in [0.5, 0.6) is 11.5 Å². The molecule has 2 aromatic rings. The zero-order valence-corrected chi connectivity index (χ0v) is 15.3. The highest BCUT2D eigenvalue weighted by Crippen LogP contribution is 2.30. The van der Waals surface area contributed by atoms with E-state index in [0.717, 1.165) is 40.7 Å². The average molecular weight is 343 g/mol. The van der Waals surface area contributed by atoms with Crippen molar-refractivity contribution in [2.24, 2.45) is 0 Å². The molecule has 1 aliphatic heterocycles. The van der Waals surface area contributed by atoms with Gasteiger partial charge in [-0.2, -0.15) is 0 Å². The van der Waals surface area contributed by atoms with Gasteiger partial charge in [-0.25, -0.2) is 4.98 Å². The summed E-state index contributed by atoms with van der Waals surface area (Å²) in [7, 11) is 3.33. The number of hydrogen-bond donors (Lipinski definition) is 1. The summed E-state index contributed by atoms with van der Waals surface area (Å²) in [6, 6.07) is 5.80. The number of fused-ring (bicyclic) bond motifs is 1. The van der Waals surface area contributed by atoms with Gasteiger partial charge in [-0.15, -0.1) is 0 Å². The average Bonchev–Trinajstić information content (AvgIpc) is 2.61. The number of aromatic amines is 1. The molecule has 2 heterocycles. The number of benzene rings is 1. The maximum absolute atomic E-state index is 12.3. The molecule has 1 aliphatic rings. The molecule has 3 rings (SSSR count). The topological polar surface area (TPSA) is 67.5 Å². The van der Waals surface area contributed by atoms with Crippen LogP contribution in [-0.2, 0) is 19.5 Å². The Morgan fingerprint density at radius 1 is 1.24 bits per heavy atom. The summed E-state index contributed by atoms with van der Waals surface area (Å²) < 4.78 is 11.0. The van der Waals surface area contributed by atoms with Crippen molar-refractivity contribution in [1.82, 2.24) is 14.9 Å². The van der Waals surface area contributed by atoms with Crippen molar-refractivity contribution in [3.8, 4) is 11.5 Å². The van der Waals surface area contributed by atoms with E-state index in [4.69, 9.17) is 14.5 Å². The molecule has 0 bridgehead atoms. The van der Waals surface area contributed by atoms with Gasteiger partial charge >= 0.3 is 0 Å². The van der Waals surface area contributed by atoms with E-state index in [-0.39, 0.29) is 11.5 Å². The number of nitrogens with zero attached hydrogens (tertiary/aromatic N) is 2. The predicted molar refractivity (Wildman–Crippen MR) is 96.3 cm³/mol. The van der Waals surface area contributed by atoms with E-state index in [1.807, 2.05) is 32.0 Å². The SMILES string of the molecule is COc1cccc(OC)c1CN1CCc2c(nc(C(C)C)[nH]c2=O)C1. The van der Waals surface area contributed by atoms with Gasteiger partial charge in [-0.1, -0.05) is 19.9 Å². The minimum atomic E-state index is 0.00298. The highest BCUT2D eigenvalue weighted by atomic mass is 16.5. The Kier molecular flexibility index (Phi) is 5.08. The van der Waals surface area contributed by atoms with Crippen LogP contribution in [0.15, 0.2) is 23.0 Å². The molecule has 0 aliphatic carbocycles. The molecule has 25 heavy (non-hydrogen) atoms. The molecule has 1 aromatic carbocycles. The maximum atomic E-state index is 12.3. The minimum Gasteiger partial charge on any atom is -0.496 e. The first-order chi connectivity index (χ1) is 12.0. The molecule has 6 heteroatoms. The summed E-state index contributed by atoms with van der Waals surface area (Å²) in [5.74, 6) is 2.57. The van der Waals surface area contributed by atoms with Crippen molar-refractivity contribution in [2.75, 3.05) is 20.8 Å². The van der Waals surface area contributed by atoms with Gasteiger partial charge in [-0.3, -0.25) is 9.69 Å². The van der Waals surface area contributed by atoms with Gasteiger partial charge in [0.25, 0.3) is 5.56 Å². The third-order valence-corrected chi connectivity index (χ3v) is 4.63. The van der Waals surface area contributed by atoms with Crippen LogP contribution < -0.4 is 15.0 Å². The Morgan fingerprint density at radius 2 is 1.92 bits per heavy atom. The van der Waals surface area contributed by atoms with Crippen LogP contribution in [0.25, 0.3) is 0 Å². The normalized spacial score (nSPS) is 14.4. The van der Waals surface area contributed by atoms with E-state index in [9.17, 15) is 4.79 Å². The van der Waals surface area contributed by atoms with Gasteiger partial charge in [0.05, 0.1) is 25.5 Å². The molecule has 0 amide bonds. The van der Waals surface area contributed by atoms with Crippen LogP contribution in [0.2, 0.25) is 0 Å². The third kappa shape index (κ3) is 3.54. The molecule has 0 fully saturated rings. The number of H-pyrrole nitrogens is 1. The fraction of sp³-hybridized carbons (Fsp3) is 0.474. The molecule has 0 saturated carbocycles. The second-order valence-corrected chi connectivity index (χ2v) is 6.63. The Hall–Kier alpha value is -2.34. The fourth-order valence-electron chi connectivity index (χ4n) is 3.23. The smallest absolute Gasteiger partial charge is 0.254 e. The number of aromatic nitrogens is 2. The van der Waals surface area contributed by atoms with E-state index in [1.54, 1.807) is 14.2 Å². The third-order valence-electron chi connectivity index (χ3n) is 4.63. The summed E-state index contributed by atoms with van der Waals surface area (Å²) in [5, 5.41) is 0. The van der Waals surface area contributed by atoms with Crippen molar-refractivity contribution in [2.45, 2.75) is 39.3 Å². The van der Waals surface area contributed by atoms with E-state index in [0.29, 0.717) is 19.5 Å². The lowest BCUT2D eigenvalue weighted by molar-refractivity contribution is 0.232. The summed E-state index contributed by atoms with van der Waals surface area (Å²) in [4.78, 5) is 22.2. The van der Waals surface area contributed by atoms with Crippen LogP contribution in [-0.4, -0.2) is 35.6 Å². The summed E-state index contributed by atoms with van der Waals surface area (Å²) in [6.07, 6.45) is 0.702. The number of methoxy groups -OCH3 is 2. The molecular formula is C19H25N3O3. The van der Waals surface area contributed by atoms with Crippen molar-refractivity contribution in [1.29, 1.82) is 0 Å². The highest BCUT2D eigenvalue weighted by Gasteiger charge is 2.23. The quantitative estimate of drug-likeness (QED) is 0.903. The second-order valence-electron chi connectivity index (χ2n) is 6.63. The Balaban J connectivity index is 1.88. The lowest BCUT2D eigenvalue weighted by Crippen LogP contribution is -2.35. The van der Waals surface area contributed by atoms with Crippen molar-refractivity contribution in [3.63, 3.8) is 0 Å². The molecule has 6 nitrogen and oxygen atoms in total. The monoisotopic (exact) mass is 343 g/mol. The molecule has 0 radical (unpaired) electrons. The number of hydrogen-bond acceptors (Lipinski definition) is 5. The molecule has 0 spiro atoms. The van der Waals surface area contributed by atoms with Crippen LogP contribution in [0, 0.1) is 0 Å². The Labute approximate surface area is 147 Å². The van der Waals surface area contributed by atoms with Crippen molar-refractivity contribution < 1.29 is 9.47 Å². The van der Waals surface area contributed by atoms with Crippen molar-refractivity contribution >= 4 is 0 Å². The summed E-state index contributed by atoms with van der Waals surface area (Å²) in [6.45, 7) is 6.22. The van der Waals surface area contributed by atoms with E-state index in [2.05, 4.69) is 9.88 Å². The predicted octanol–water partition coefficient (Wildman–Crippen LogP) is 2.47. The zero-order valence-electron chi connectivity index (χ0n) is 15.3. The number of nitrogens with one attached hydrogen (secondary N) is 1. The Morgan fingerprint density at radius 3 is 2.52 bits per heavy atom. The first-order valence-corrected chi connectivity index (χ1v) is 8.57. The second kappa shape index (κ2) is 7.27.